The summed E-state index contributed by atoms with van der Waals surface area (Å²) in [6.07, 6.45) is -36.8. The molecule has 34 unspecified atom stereocenters. The number of ether oxygens (including phenoxy) is 10. The minimum Gasteiger partial charge on any atom is -0.396 e. The van der Waals surface area contributed by atoms with Crippen LogP contribution in [0.2, 0.25) is 0 Å². The van der Waals surface area contributed by atoms with Gasteiger partial charge in [-0.1, -0.05) is 59.3 Å². The van der Waals surface area contributed by atoms with Gasteiger partial charge in [0.2, 0.25) is 0 Å². The molecule has 8 fully saturated rings. The Kier molecular flexibility index (Phi) is 20.3. The Morgan fingerprint density at radius 1 is 0.489 bits per heavy atom. The first-order valence-electron chi connectivity index (χ1n) is 31.2. The normalized spacial score (nSPS) is 54.7. The van der Waals surface area contributed by atoms with Crippen LogP contribution >= 0.6 is 0 Å². The lowest BCUT2D eigenvalue weighted by atomic mass is 9.35. The smallest absolute Gasteiger partial charge is 0.187 e. The third kappa shape index (κ3) is 11.4. The molecule has 28 heteroatoms. The fourth-order valence-electron chi connectivity index (χ4n) is 17.4. The Hall–Kier alpha value is -1.64. The van der Waals surface area contributed by atoms with E-state index in [1.807, 2.05) is 6.92 Å². The quantitative estimate of drug-likeness (QED) is 0.0645. The van der Waals surface area contributed by atoms with Crippen molar-refractivity contribution in [3.8, 4) is 0 Å². The summed E-state index contributed by atoms with van der Waals surface area (Å²) in [7, 11) is 0. The van der Waals surface area contributed by atoms with Crippen LogP contribution in [-0.2, 0) is 47.4 Å². The standard InChI is InChI=1S/C60H98O28/c1-24-35(67)48(87-53-45(77)41(73)38(70)30(84-53)21-79-50-46(78)42(74)47(29(20-63)83-50)86-51-43(75)39(71)36(68)27(18-61)81-51)49(88-52-44(76)40(72)37(69)28(19-62)82-52)54(80-24)85-34-11-12-56(4)31(57(34,5)22-64)10-13-58(6)32(56)9-8-25-26-16-55(2,3)14-15-60(26,23-65)33(66)17-59(25,58)7/h8-9,24,27-54,61-78H,10-23H2,1-7H3. The van der Waals surface area contributed by atoms with Crippen LogP contribution in [0.1, 0.15) is 99.8 Å². The highest BCUT2D eigenvalue weighted by molar-refractivity contribution is 5.47. The van der Waals surface area contributed by atoms with Gasteiger partial charge in [-0.2, -0.15) is 0 Å². The third-order valence-corrected chi connectivity index (χ3v) is 23.2. The molecule has 10 rings (SSSR count). The summed E-state index contributed by atoms with van der Waals surface area (Å²) >= 11 is 0. The monoisotopic (exact) mass is 1270 g/mol. The molecule has 5 saturated heterocycles. The topological polar surface area (TPSA) is 456 Å². The highest BCUT2D eigenvalue weighted by Crippen LogP contribution is 2.74. The van der Waals surface area contributed by atoms with Gasteiger partial charge in [-0.3, -0.25) is 0 Å². The molecule has 0 aromatic carbocycles. The molecule has 10 aliphatic rings. The van der Waals surface area contributed by atoms with Gasteiger partial charge in [0.1, 0.15) is 116 Å². The zero-order valence-corrected chi connectivity index (χ0v) is 50.9. The number of rotatable bonds is 16. The molecular weight excluding hydrogens is 1170 g/mol. The van der Waals surface area contributed by atoms with Crippen LogP contribution < -0.4 is 0 Å². The van der Waals surface area contributed by atoms with Crippen LogP contribution in [0.15, 0.2) is 23.3 Å². The summed E-state index contributed by atoms with van der Waals surface area (Å²) in [4.78, 5) is 0. The number of hydrogen-bond acceptors (Lipinski definition) is 28. The SMILES string of the molecule is CC1OC(OC2CCC3(C)C(CCC4(C)C3C=CC3=C5CC(C)(C)CCC5(CO)C(O)CC34C)C2(C)CO)C(OC2OC(CO)C(O)C(O)C2O)C(OC2OC(COC3OC(CO)C(OC4OC(CO)C(O)C(O)C4O)C(O)C3O)C(O)C(O)C2O)C1O. The first-order chi connectivity index (χ1) is 41.3. The summed E-state index contributed by atoms with van der Waals surface area (Å²) in [5.74, 6) is -0.241. The molecule has 18 N–H and O–H groups in total. The molecule has 0 bridgehead atoms. The summed E-state index contributed by atoms with van der Waals surface area (Å²) in [5, 5.41) is 198. The van der Waals surface area contributed by atoms with Crippen LogP contribution in [-0.4, -0.2) is 297 Å². The van der Waals surface area contributed by atoms with E-state index in [2.05, 4.69) is 46.8 Å². The van der Waals surface area contributed by atoms with E-state index in [0.717, 1.165) is 18.4 Å². The highest BCUT2D eigenvalue weighted by Gasteiger charge is 2.69. The van der Waals surface area contributed by atoms with Gasteiger partial charge in [-0.25, -0.2) is 0 Å². The van der Waals surface area contributed by atoms with E-state index in [9.17, 15) is 91.9 Å². The molecule has 506 valence electrons. The molecule has 88 heavy (non-hydrogen) atoms. The maximum absolute atomic E-state index is 12.2. The highest BCUT2D eigenvalue weighted by atomic mass is 16.8. The van der Waals surface area contributed by atoms with Crippen LogP contribution in [0.5, 0.6) is 0 Å². The molecule has 0 aromatic rings. The predicted octanol–water partition coefficient (Wildman–Crippen LogP) is -4.85. The molecule has 5 aliphatic heterocycles. The first kappa shape index (κ1) is 69.2. The van der Waals surface area contributed by atoms with Gasteiger partial charge < -0.3 is 139 Å². The van der Waals surface area contributed by atoms with Crippen molar-refractivity contribution < 1.29 is 139 Å². The van der Waals surface area contributed by atoms with E-state index in [4.69, 9.17) is 47.4 Å². The van der Waals surface area contributed by atoms with E-state index in [0.29, 0.717) is 38.5 Å². The minimum atomic E-state index is -2.10. The number of hydrogen-bond donors (Lipinski definition) is 18. The molecule has 0 aromatic heterocycles. The van der Waals surface area contributed by atoms with E-state index in [1.54, 1.807) is 0 Å². The minimum absolute atomic E-state index is 0.0242. The van der Waals surface area contributed by atoms with Gasteiger partial charge in [0.25, 0.3) is 0 Å². The van der Waals surface area contributed by atoms with Crippen molar-refractivity contribution in [3.63, 3.8) is 0 Å². The summed E-state index contributed by atoms with van der Waals surface area (Å²) in [6.45, 7) is 10.9. The van der Waals surface area contributed by atoms with Gasteiger partial charge in [-0.05, 0) is 91.9 Å². The average molecular weight is 1270 g/mol. The molecule has 0 amide bonds. The Morgan fingerprint density at radius 3 is 1.57 bits per heavy atom. The second-order valence-electron chi connectivity index (χ2n) is 28.7. The molecule has 0 spiro atoms. The third-order valence-electron chi connectivity index (χ3n) is 23.2. The van der Waals surface area contributed by atoms with Gasteiger partial charge >= 0.3 is 0 Å². The number of fused-ring (bicyclic) bond motifs is 6. The summed E-state index contributed by atoms with van der Waals surface area (Å²) in [5.41, 5.74) is -0.708. The number of aliphatic hydroxyl groups excluding tert-OH is 18. The molecule has 0 radical (unpaired) electrons. The van der Waals surface area contributed by atoms with E-state index in [1.165, 1.54) is 12.5 Å². The summed E-state index contributed by atoms with van der Waals surface area (Å²) in [6, 6.07) is 0. The second-order valence-corrected chi connectivity index (χ2v) is 28.7. The van der Waals surface area contributed by atoms with Crippen molar-refractivity contribution >= 4 is 0 Å². The van der Waals surface area contributed by atoms with E-state index < -0.39 is 214 Å². The largest absolute Gasteiger partial charge is 0.396 e. The molecule has 34 atom stereocenters. The average Bonchev–Trinajstić information content (AvgIpc) is 0.805. The van der Waals surface area contributed by atoms with E-state index in [-0.39, 0.29) is 35.9 Å². The lowest BCUT2D eigenvalue weighted by molar-refractivity contribution is -0.399. The maximum Gasteiger partial charge on any atom is 0.187 e. The fraction of sp³-hybridized carbons (Fsp3) is 0.933. The van der Waals surface area contributed by atoms with Crippen molar-refractivity contribution in [3.05, 3.63) is 23.3 Å². The van der Waals surface area contributed by atoms with Crippen molar-refractivity contribution in [2.24, 2.45) is 44.3 Å². The second kappa shape index (κ2) is 25.8. The Balaban J connectivity index is 0.896. The van der Waals surface area contributed by atoms with Crippen molar-refractivity contribution in [1.82, 2.24) is 0 Å². The summed E-state index contributed by atoms with van der Waals surface area (Å²) < 4.78 is 60.5. The Labute approximate surface area is 510 Å². The lowest BCUT2D eigenvalue weighted by Crippen LogP contribution is -2.68. The zero-order valence-electron chi connectivity index (χ0n) is 50.9. The van der Waals surface area contributed by atoms with Crippen molar-refractivity contribution in [2.75, 3.05) is 39.6 Å². The lowest BCUT2D eigenvalue weighted by Gasteiger charge is -2.70. The van der Waals surface area contributed by atoms with Crippen LogP contribution in [0, 0.1) is 44.3 Å². The van der Waals surface area contributed by atoms with Gasteiger partial charge in [0, 0.05) is 16.2 Å². The van der Waals surface area contributed by atoms with Crippen molar-refractivity contribution in [2.45, 2.75) is 266 Å². The van der Waals surface area contributed by atoms with Crippen molar-refractivity contribution in [1.29, 1.82) is 0 Å². The van der Waals surface area contributed by atoms with Crippen LogP contribution in [0.4, 0.5) is 0 Å². The van der Waals surface area contributed by atoms with E-state index >= 15 is 0 Å². The molecule has 3 saturated carbocycles. The maximum atomic E-state index is 12.2. The Bertz CT molecular complexity index is 2450. The van der Waals surface area contributed by atoms with Gasteiger partial charge in [-0.15, -0.1) is 0 Å². The molecule has 5 heterocycles. The molecule has 28 nitrogen and oxygen atoms in total. The number of aliphatic hydroxyl groups is 18. The first-order valence-corrected chi connectivity index (χ1v) is 31.2. The number of allylic oxidation sites excluding steroid dienone is 3. The van der Waals surface area contributed by atoms with Crippen LogP contribution in [0.3, 0.4) is 0 Å². The fourth-order valence-corrected chi connectivity index (χ4v) is 17.4. The molecular formula is C60H98O28. The molecule has 5 aliphatic carbocycles. The predicted molar refractivity (Wildman–Crippen MR) is 297 cm³/mol. The Morgan fingerprint density at radius 2 is 1.01 bits per heavy atom. The van der Waals surface area contributed by atoms with Gasteiger partial charge in [0.15, 0.2) is 31.5 Å². The van der Waals surface area contributed by atoms with Gasteiger partial charge in [0.05, 0.1) is 58.0 Å². The van der Waals surface area contributed by atoms with Crippen LogP contribution in [0.25, 0.3) is 0 Å². The zero-order chi connectivity index (χ0) is 64.3.